The summed E-state index contributed by atoms with van der Waals surface area (Å²) in [5.74, 6) is 0.371. The van der Waals surface area contributed by atoms with Crippen molar-refractivity contribution in [3.8, 4) is 5.75 Å². The summed E-state index contributed by atoms with van der Waals surface area (Å²) < 4.78 is 36.2. The molecule has 0 saturated carbocycles. The van der Waals surface area contributed by atoms with Gasteiger partial charge >= 0.3 is 0 Å². The van der Waals surface area contributed by atoms with Crippen LogP contribution in [0.1, 0.15) is 36.8 Å². The summed E-state index contributed by atoms with van der Waals surface area (Å²) in [7, 11) is -0.335. The van der Waals surface area contributed by atoms with Crippen molar-refractivity contribution >= 4 is 55.9 Å². The number of fused-ring (bicyclic) bond motifs is 1. The maximum absolute atomic E-state index is 13.8. The molecule has 0 radical (unpaired) electrons. The molecule has 0 aliphatic rings. The molecule has 3 N–H and O–H groups in total. The third-order valence-corrected chi connectivity index (χ3v) is 8.59. The lowest BCUT2D eigenvalue weighted by atomic mass is 9.86. The summed E-state index contributed by atoms with van der Waals surface area (Å²) in [6.07, 6.45) is 8.18. The molecule has 0 fully saturated rings. The number of nitrogens with zero attached hydrogens (tertiary/aromatic N) is 5. The third-order valence-electron chi connectivity index (χ3n) is 7.01. The quantitative estimate of drug-likeness (QED) is 0.161. The van der Waals surface area contributed by atoms with Gasteiger partial charge in [-0.3, -0.25) is 9.52 Å². The number of carbonyl (C=O) groups excluding carboxylic acids is 1. The van der Waals surface area contributed by atoms with E-state index in [1.54, 1.807) is 24.8 Å². The zero-order valence-electron chi connectivity index (χ0n) is 26.0. The van der Waals surface area contributed by atoms with E-state index in [4.69, 9.17) is 4.74 Å². The molecule has 5 rings (SSSR count). The van der Waals surface area contributed by atoms with Gasteiger partial charge in [0, 0.05) is 49.0 Å². The number of carbonyl (C=O) groups is 1. The highest BCUT2D eigenvalue weighted by atomic mass is 32.2. The van der Waals surface area contributed by atoms with Crippen molar-refractivity contribution < 1.29 is 17.9 Å². The van der Waals surface area contributed by atoms with Gasteiger partial charge in [0.05, 0.1) is 36.6 Å². The first-order valence-corrected chi connectivity index (χ1v) is 16.8. The number of aryl methyl sites for hydroxylation is 1. The van der Waals surface area contributed by atoms with E-state index in [1.165, 1.54) is 18.9 Å². The molecule has 0 spiro atoms. The van der Waals surface area contributed by atoms with Gasteiger partial charge < -0.3 is 24.5 Å². The summed E-state index contributed by atoms with van der Waals surface area (Å²) in [6.45, 7) is 7.39. The Morgan fingerprint density at radius 2 is 1.87 bits per heavy atom. The summed E-state index contributed by atoms with van der Waals surface area (Å²) >= 11 is 1.48. The van der Waals surface area contributed by atoms with Gasteiger partial charge in [-0.15, -0.1) is 0 Å². The van der Waals surface area contributed by atoms with Crippen molar-refractivity contribution in [1.29, 1.82) is 0 Å². The van der Waals surface area contributed by atoms with Gasteiger partial charge in [-0.1, -0.05) is 44.7 Å². The van der Waals surface area contributed by atoms with Crippen LogP contribution in [0.15, 0.2) is 77.3 Å². The van der Waals surface area contributed by atoms with Crippen LogP contribution in [0.5, 0.6) is 5.75 Å². The van der Waals surface area contributed by atoms with E-state index in [-0.39, 0.29) is 22.8 Å². The Morgan fingerprint density at radius 1 is 1.09 bits per heavy atom. The SMILES string of the molecule is COc1c(NC(=O)c2cc3cccc(Sc4ccnc(NCCn5ccnc5)n4)c3n2C)cc(C(C)(C)C)cc1NS(C)(=O)=O. The van der Waals surface area contributed by atoms with Crippen LogP contribution in [-0.2, 0) is 29.0 Å². The van der Waals surface area contributed by atoms with Crippen molar-refractivity contribution in [2.75, 3.05) is 35.3 Å². The molecule has 3 aromatic heterocycles. The van der Waals surface area contributed by atoms with E-state index in [9.17, 15) is 13.2 Å². The molecule has 1 amide bonds. The van der Waals surface area contributed by atoms with Crippen LogP contribution in [0.25, 0.3) is 10.9 Å². The summed E-state index contributed by atoms with van der Waals surface area (Å²) in [5, 5.41) is 7.85. The highest BCUT2D eigenvalue weighted by Gasteiger charge is 2.24. The van der Waals surface area contributed by atoms with Gasteiger partial charge in [0.1, 0.15) is 10.7 Å². The lowest BCUT2D eigenvalue weighted by molar-refractivity contribution is 0.101. The van der Waals surface area contributed by atoms with Crippen LogP contribution in [0.3, 0.4) is 0 Å². The highest BCUT2D eigenvalue weighted by molar-refractivity contribution is 7.99. The van der Waals surface area contributed by atoms with Crippen LogP contribution in [0, 0.1) is 0 Å². The number of para-hydroxylation sites is 1. The minimum atomic E-state index is -3.61. The molecule has 12 nitrogen and oxygen atoms in total. The van der Waals surface area contributed by atoms with Crippen molar-refractivity contribution in [2.24, 2.45) is 7.05 Å². The number of hydrogen-bond acceptors (Lipinski definition) is 9. The summed E-state index contributed by atoms with van der Waals surface area (Å²) in [5.41, 5.74) is 2.39. The Balaban J connectivity index is 1.42. The fourth-order valence-electron chi connectivity index (χ4n) is 4.83. The number of nitrogens with one attached hydrogen (secondary N) is 3. The van der Waals surface area contributed by atoms with Crippen LogP contribution in [0.2, 0.25) is 0 Å². The average Bonchev–Trinajstić information content (AvgIpc) is 3.60. The molecule has 0 saturated heterocycles. The molecule has 0 aliphatic heterocycles. The number of imidazole rings is 1. The monoisotopic (exact) mass is 648 g/mol. The molecule has 45 heavy (non-hydrogen) atoms. The van der Waals surface area contributed by atoms with Crippen molar-refractivity contribution in [3.05, 3.63) is 78.6 Å². The maximum Gasteiger partial charge on any atom is 0.272 e. The van der Waals surface area contributed by atoms with Gasteiger partial charge in [-0.05, 0) is 41.3 Å². The Morgan fingerprint density at radius 3 is 2.56 bits per heavy atom. The largest absolute Gasteiger partial charge is 0.492 e. The van der Waals surface area contributed by atoms with Gasteiger partial charge in [-0.2, -0.15) is 0 Å². The van der Waals surface area contributed by atoms with Crippen LogP contribution < -0.4 is 20.1 Å². The molecular weight excluding hydrogens is 613 g/mol. The van der Waals surface area contributed by atoms with Crippen molar-refractivity contribution in [1.82, 2.24) is 24.1 Å². The van der Waals surface area contributed by atoms with E-state index in [2.05, 4.69) is 30.3 Å². The van der Waals surface area contributed by atoms with E-state index < -0.39 is 10.0 Å². The van der Waals surface area contributed by atoms with Gasteiger partial charge in [-0.25, -0.2) is 23.4 Å². The number of hydrogen-bond donors (Lipinski definition) is 3. The van der Waals surface area contributed by atoms with E-state index >= 15 is 0 Å². The first-order valence-electron chi connectivity index (χ1n) is 14.1. The maximum atomic E-state index is 13.8. The first-order chi connectivity index (χ1) is 21.3. The Bertz CT molecular complexity index is 1950. The lowest BCUT2D eigenvalue weighted by Gasteiger charge is -2.24. The number of methoxy groups -OCH3 is 1. The van der Waals surface area contributed by atoms with Crippen LogP contribution >= 0.6 is 11.8 Å². The third kappa shape index (κ3) is 7.57. The minimum Gasteiger partial charge on any atom is -0.492 e. The predicted octanol–water partition coefficient (Wildman–Crippen LogP) is 5.36. The standard InChI is InChI=1S/C31H36N8O4S2/c1-31(2,3)21-17-22(28(43-5)23(18-21)37-45(6,41)42)35-29(40)24-16-20-8-7-9-25(27(20)38(24)4)44-26-10-11-33-30(36-26)34-13-15-39-14-12-32-19-39/h7-12,14,16-19,37H,13,15H2,1-6H3,(H,35,40)(H,33,34,36). The van der Waals surface area contributed by atoms with Gasteiger partial charge in [0.2, 0.25) is 16.0 Å². The Hall–Kier alpha value is -4.56. The molecule has 14 heteroatoms. The molecular formula is C31H36N8O4S2. The second-order valence-electron chi connectivity index (χ2n) is 11.5. The normalized spacial score (nSPS) is 11.9. The number of anilines is 3. The van der Waals surface area contributed by atoms with Crippen molar-refractivity contribution in [3.63, 3.8) is 0 Å². The number of aromatic nitrogens is 5. The number of amides is 1. The van der Waals surface area contributed by atoms with Crippen molar-refractivity contribution in [2.45, 2.75) is 42.7 Å². The summed E-state index contributed by atoms with van der Waals surface area (Å²) in [6, 6.07) is 13.1. The second-order valence-corrected chi connectivity index (χ2v) is 14.3. The second kappa shape index (κ2) is 12.8. The van der Waals surface area contributed by atoms with Gasteiger partial charge in [0.25, 0.3) is 5.91 Å². The highest BCUT2D eigenvalue weighted by Crippen LogP contribution is 2.40. The Labute approximate surface area is 266 Å². The number of ether oxygens (including phenoxy) is 1. The minimum absolute atomic E-state index is 0.218. The Kier molecular flexibility index (Phi) is 9.07. The first kappa shape index (κ1) is 31.9. The predicted molar refractivity (Wildman–Crippen MR) is 178 cm³/mol. The molecule has 0 bridgehead atoms. The average molecular weight is 649 g/mol. The molecule has 0 atom stereocenters. The van der Waals surface area contributed by atoms with E-state index in [0.29, 0.717) is 23.9 Å². The smallest absolute Gasteiger partial charge is 0.272 e. The molecule has 0 aliphatic carbocycles. The van der Waals surface area contributed by atoms with E-state index in [1.807, 2.05) is 79.5 Å². The fraction of sp³-hybridized carbons (Fsp3) is 0.290. The van der Waals surface area contributed by atoms with Crippen LogP contribution in [-0.4, -0.2) is 58.3 Å². The zero-order chi connectivity index (χ0) is 32.4. The van der Waals surface area contributed by atoms with Crippen LogP contribution in [0.4, 0.5) is 17.3 Å². The van der Waals surface area contributed by atoms with E-state index in [0.717, 1.165) is 39.2 Å². The molecule has 2 aromatic carbocycles. The number of benzene rings is 2. The molecule has 5 aromatic rings. The molecule has 3 heterocycles. The molecule has 236 valence electrons. The zero-order valence-corrected chi connectivity index (χ0v) is 27.6. The fourth-order valence-corrected chi connectivity index (χ4v) is 6.36. The number of sulfonamides is 1. The topological polar surface area (TPSA) is 145 Å². The lowest BCUT2D eigenvalue weighted by Crippen LogP contribution is -2.19. The molecule has 0 unspecified atom stereocenters. The summed E-state index contributed by atoms with van der Waals surface area (Å²) in [4.78, 5) is 27.7. The number of rotatable bonds is 11. The van der Waals surface area contributed by atoms with Gasteiger partial charge in [0.15, 0.2) is 5.75 Å².